The van der Waals surface area contributed by atoms with Crippen molar-refractivity contribution in [3.05, 3.63) is 180 Å². The first kappa shape index (κ1) is 87.0. The number of aromatic nitrogens is 18. The minimum atomic E-state index is -3.36. The molecule has 0 aliphatic rings. The molecule has 0 aliphatic carbocycles. The molecule has 0 bridgehead atoms. The Morgan fingerprint density at radius 2 is 0.927 bits per heavy atom. The van der Waals surface area contributed by atoms with Crippen molar-refractivity contribution in [1.82, 2.24) is 88.6 Å². The van der Waals surface area contributed by atoms with Crippen LogP contribution >= 0.6 is 62.6 Å². The quantitative estimate of drug-likeness (QED) is 0.0287. The summed E-state index contributed by atoms with van der Waals surface area (Å²) in [6, 6.07) is 27.9. The second-order valence-corrected chi connectivity index (χ2v) is 72.4. The van der Waals surface area contributed by atoms with E-state index < -0.39 is 55.5 Å². The summed E-state index contributed by atoms with van der Waals surface area (Å²) in [6.45, 7) is 24.5. The summed E-state index contributed by atoms with van der Waals surface area (Å²) >= 11 is 8.54. The van der Waals surface area contributed by atoms with Gasteiger partial charge < -0.3 is 27.9 Å². The number of halogens is 2. The van der Waals surface area contributed by atoms with Gasteiger partial charge in [-0.1, -0.05) is 107 Å². The van der Waals surface area contributed by atoms with Crippen molar-refractivity contribution in [3.63, 3.8) is 0 Å². The maximum absolute atomic E-state index is 12.3. The van der Waals surface area contributed by atoms with E-state index in [4.69, 9.17) is 37.7 Å². The molecule has 0 spiro atoms. The van der Waals surface area contributed by atoms with Crippen molar-refractivity contribution in [2.45, 2.75) is 125 Å². The fraction of sp³-hybridized carbons (Fsp3) is 0.373. The molecular weight excluding hydrogens is 1930 g/mol. The van der Waals surface area contributed by atoms with Gasteiger partial charge in [0.25, 0.3) is 16.7 Å². The first-order valence-electron chi connectivity index (χ1n) is 33.7. The van der Waals surface area contributed by atoms with Crippen LogP contribution in [0.3, 0.4) is 0 Å². The number of aromatic amines is 3. The minimum absolute atomic E-state index is 0.0466. The van der Waals surface area contributed by atoms with Crippen LogP contribution in [0.4, 0.5) is 0 Å². The second kappa shape index (κ2) is 38.7. The molecule has 42 heteroatoms. The third-order valence-electron chi connectivity index (χ3n) is 16.5. The van der Waals surface area contributed by atoms with Crippen LogP contribution in [-0.4, -0.2) is 164 Å². The van der Waals surface area contributed by atoms with Gasteiger partial charge in [0.1, 0.15) is 46.8 Å². The molecule has 12 heterocycles. The molecule has 0 saturated heterocycles. The monoisotopic (exact) mass is 2010 g/mol. The van der Waals surface area contributed by atoms with E-state index in [9.17, 15) is 31.2 Å². The van der Waals surface area contributed by atoms with Gasteiger partial charge >= 0.3 is 65.6 Å². The number of aryl methyl sites for hydroxylation is 3. The molecule has 582 valence electrons. The first-order valence-corrected chi connectivity index (χ1v) is 66.6. The van der Waals surface area contributed by atoms with Crippen LogP contribution < -0.4 is 16.7 Å². The molecule has 14 rings (SSSR count). The summed E-state index contributed by atoms with van der Waals surface area (Å²) in [5.41, 5.74) is 6.50. The van der Waals surface area contributed by atoms with Gasteiger partial charge in [-0.15, -0.1) is 34.0 Å². The molecule has 0 fully saturated rings. The first-order chi connectivity index (χ1) is 51.6. The predicted octanol–water partition coefficient (Wildman–Crippen LogP) is 12.1. The van der Waals surface area contributed by atoms with Gasteiger partial charge in [-0.2, -0.15) is 39.0 Å². The van der Waals surface area contributed by atoms with Gasteiger partial charge in [-0.3, -0.25) is 14.4 Å². The van der Waals surface area contributed by atoms with Gasteiger partial charge in [0.15, 0.2) is 26.8 Å². The maximum atomic E-state index is 12.3. The Balaban J connectivity index is 0.000000167. The summed E-state index contributed by atoms with van der Waals surface area (Å²) in [5.74, 6) is -0.217. The fourth-order valence-electron chi connectivity index (χ4n) is 11.0. The molecule has 2 aromatic carbocycles. The Morgan fingerprint density at radius 3 is 1.39 bits per heavy atom. The number of benzene rings is 2. The average Bonchev–Trinajstić information content (AvgIpc) is 1.60. The number of thiazole rings is 3. The Labute approximate surface area is 678 Å². The van der Waals surface area contributed by atoms with Crippen molar-refractivity contribution in [2.75, 3.05) is 26.1 Å². The Morgan fingerprint density at radius 1 is 0.532 bits per heavy atom. The topological polar surface area (TPSA) is 374 Å². The molecule has 0 amide bonds. The van der Waals surface area contributed by atoms with Gasteiger partial charge in [0, 0.05) is 113 Å². The van der Waals surface area contributed by atoms with Gasteiger partial charge in [-0.25, -0.2) is 61.1 Å². The van der Waals surface area contributed by atoms with E-state index in [-0.39, 0.29) is 58.1 Å². The Bertz CT molecular complexity index is 5870. The summed E-state index contributed by atoms with van der Waals surface area (Å²) < 4.78 is 94.6. The molecule has 30 nitrogen and oxygen atoms in total. The zero-order chi connectivity index (χ0) is 79.2. The number of nitrogens with one attached hydrogen (secondary N) is 3. The number of rotatable bonds is 24. The number of H-pyrrole nitrogens is 3. The van der Waals surface area contributed by atoms with Crippen molar-refractivity contribution in [2.24, 2.45) is 21.1 Å². The van der Waals surface area contributed by atoms with E-state index in [0.29, 0.717) is 76.1 Å². The zero-order valence-electron chi connectivity index (χ0n) is 62.0. The van der Waals surface area contributed by atoms with Gasteiger partial charge in [0.05, 0.1) is 66.3 Å². The van der Waals surface area contributed by atoms with E-state index >= 15 is 0 Å². The van der Waals surface area contributed by atoms with Crippen LogP contribution in [0.15, 0.2) is 140 Å². The summed E-state index contributed by atoms with van der Waals surface area (Å²) in [5, 5.41) is 36.9. The van der Waals surface area contributed by atoms with Crippen LogP contribution in [0.25, 0.3) is 63.8 Å². The Kier molecular flexibility index (Phi) is 30.9. The molecule has 3 N–H and O–H groups in total. The number of sulfone groups is 2. The SMILES string of the molecule is C[Si](C)(C)CCOCn1ccc(CS(=O)(=O)c2ccccc2)n1.Cn1c2nc(C(c3ccccc3)c3ccn(COCC[Si](C)(C)C)n3)sc2c2cn[nH]c(=O)c21.Cn1c2nc(Cc3ccn(COCC[Si](C)(C)C)n3)sc2c2cn[nH]c(=O)c21.Cn1c2nc(S(C)(=O)=O)sc2c2cn[nH]c(=O)c21.O=S=O.[I][Sm][I]. The molecule has 0 aliphatic heterocycles. The number of hydrogen-bond acceptors (Lipinski definition) is 24. The van der Waals surface area contributed by atoms with E-state index in [1.54, 1.807) is 94.0 Å². The molecule has 0 radical (unpaired) electrons. The molecule has 12 aromatic heterocycles. The van der Waals surface area contributed by atoms with Crippen molar-refractivity contribution in [1.29, 1.82) is 0 Å². The summed E-state index contributed by atoms with van der Waals surface area (Å²) in [4.78, 5) is 50.1. The second-order valence-electron chi connectivity index (χ2n) is 28.7. The van der Waals surface area contributed by atoms with Crippen LogP contribution in [0, 0.1) is 25.5 Å². The zero-order valence-corrected chi connectivity index (χ0v) is 76.9. The fourth-order valence-corrected chi connectivity index (χ4v) is 18.9. The van der Waals surface area contributed by atoms with Crippen LogP contribution in [-0.2, 0) is 99.0 Å². The van der Waals surface area contributed by atoms with Gasteiger partial charge in [-0.05, 0) is 54.0 Å². The van der Waals surface area contributed by atoms with Gasteiger partial charge in [0.2, 0.25) is 14.2 Å². The van der Waals surface area contributed by atoms with E-state index in [2.05, 4.69) is 145 Å². The molecule has 14 aromatic rings. The molecule has 1 unspecified atom stereocenters. The van der Waals surface area contributed by atoms with Crippen LogP contribution in [0.5, 0.6) is 0 Å². The number of ether oxygens (including phenoxy) is 3. The predicted molar refractivity (Wildman–Crippen MR) is 450 cm³/mol. The van der Waals surface area contributed by atoms with Crippen LogP contribution in [0.2, 0.25) is 77.1 Å². The summed E-state index contributed by atoms with van der Waals surface area (Å²) in [7, 11) is -4.59. The molecule has 0 saturated carbocycles. The summed E-state index contributed by atoms with van der Waals surface area (Å²) in [6.07, 6.45) is 12.3. The van der Waals surface area contributed by atoms with Crippen molar-refractivity contribution >= 4 is 182 Å². The molecule has 109 heavy (non-hydrogen) atoms. The number of hydrogen-bond donors (Lipinski definition) is 3. The third kappa shape index (κ3) is 23.6. The van der Waals surface area contributed by atoms with Crippen LogP contribution in [0.1, 0.15) is 38.6 Å². The van der Waals surface area contributed by atoms with E-state index in [1.165, 1.54) is 6.20 Å². The van der Waals surface area contributed by atoms with E-state index in [0.717, 1.165) is 107 Å². The normalized spacial score (nSPS) is 12.3. The average molecular weight is 2010 g/mol. The standard InChI is InChI=1S/C24H28N6O2SSi.C18H24N6O2SSi.C16H24N2O3SSi.C9H8N4O3S2.2HI.O2S.Sm/c1-29-20-17(14-25-27-23(20)31)21-22(29)26-24(33-21)19(16-8-6-5-7-9-16)18-10-11-30(28-18)15-32-12-13-34(2,3)4;1-23-15-13(10-19-21-18(15)25)16-17(23)20-14(27-16)9-12-5-6-24(22-12)11-26-7-8-28(2,3)4;1-23(2,3)12-11-21-14-18-10-9-15(17-18)13-22(19,20)16-7-5-4-6-8-16;1-13-5-4(3-10-12-8(5)14)6-7(13)11-9(17-6)18(2,15)16;;;1-3-2;/h5-11,14,19H,12-13,15H2,1-4H3,(H,27,31);5-6,10H,7-9,11H2,1-4H3,(H,21,25);4-10H,11-14H2,1-3H3;3H,1-2H3,(H,12,14);2*1H;;/q;;;;;;;+2/p-2. The molecule has 1 atom stereocenters. The molecular formula is C67H84I2N18O12S6Si3Sm. The number of nitrogens with zero attached hydrogens (tertiary/aromatic N) is 15. The van der Waals surface area contributed by atoms with E-state index in [1.807, 2.05) is 75.3 Å². The van der Waals surface area contributed by atoms with Crippen molar-refractivity contribution < 1.29 is 64.9 Å². The Hall–Kier alpha value is -5.95. The van der Waals surface area contributed by atoms with Crippen molar-refractivity contribution in [3.8, 4) is 0 Å². The number of fused-ring (bicyclic) bond motifs is 9. The third-order valence-corrected chi connectivity index (χ3v) is 28.3.